The van der Waals surface area contributed by atoms with E-state index in [1.165, 1.54) is 48.5 Å². The zero-order valence-corrected chi connectivity index (χ0v) is 48.2. The van der Waals surface area contributed by atoms with Gasteiger partial charge >= 0.3 is 49.4 Å². The summed E-state index contributed by atoms with van der Waals surface area (Å²) in [6, 6.07) is 27.6. The number of aromatic nitrogens is 2. The summed E-state index contributed by atoms with van der Waals surface area (Å²) in [5.41, 5.74) is -20.9. The summed E-state index contributed by atoms with van der Waals surface area (Å²) in [6.45, 7) is 0. The highest BCUT2D eigenvalue weighted by molar-refractivity contribution is 6.13. The molecule has 2 heterocycles. The minimum atomic E-state index is -5.46. The van der Waals surface area contributed by atoms with Gasteiger partial charge in [-0.2, -0.15) is 116 Å². The lowest BCUT2D eigenvalue weighted by Crippen LogP contribution is -2.12. The van der Waals surface area contributed by atoms with Crippen molar-refractivity contribution in [3.05, 3.63) is 238 Å². The van der Waals surface area contributed by atoms with Crippen LogP contribution in [0.25, 0.3) is 111 Å². The molecule has 98 heavy (non-hydrogen) atoms. The van der Waals surface area contributed by atoms with Crippen molar-refractivity contribution in [2.45, 2.75) is 49.4 Å². The van der Waals surface area contributed by atoms with Gasteiger partial charge < -0.3 is 9.13 Å². The third-order valence-electron chi connectivity index (χ3n) is 16.4. The zero-order chi connectivity index (χ0) is 71.1. The van der Waals surface area contributed by atoms with Gasteiger partial charge in [-0.3, -0.25) is 0 Å². The van der Waals surface area contributed by atoms with E-state index >= 15 is 0 Å². The highest BCUT2D eigenvalue weighted by atomic mass is 19.4. The maximum atomic E-state index is 14.8. The van der Waals surface area contributed by atoms with E-state index in [4.69, 9.17) is 0 Å². The lowest BCUT2D eigenvalue weighted by Gasteiger charge is -2.18. The molecule has 0 saturated heterocycles. The lowest BCUT2D eigenvalue weighted by atomic mass is 9.95. The molecule has 0 aliphatic carbocycles. The van der Waals surface area contributed by atoms with E-state index in [0.29, 0.717) is 48.5 Å². The van der Waals surface area contributed by atoms with Crippen LogP contribution in [0.2, 0.25) is 0 Å². The Kier molecular flexibility index (Phi) is 15.7. The van der Waals surface area contributed by atoms with E-state index in [0.717, 1.165) is 69.8 Å². The second-order valence-corrected chi connectivity index (χ2v) is 22.3. The third kappa shape index (κ3) is 12.1. The summed E-state index contributed by atoms with van der Waals surface area (Å²) >= 11 is 0. The summed E-state index contributed by atoms with van der Waals surface area (Å²) in [7, 11) is 0. The Morgan fingerprint density at radius 1 is 0.224 bits per heavy atom. The van der Waals surface area contributed by atoms with Crippen molar-refractivity contribution in [2.24, 2.45) is 0 Å². The van der Waals surface area contributed by atoms with Crippen molar-refractivity contribution in [1.29, 1.82) is 10.5 Å². The maximum absolute atomic E-state index is 14.8. The molecule has 12 aromatic rings. The van der Waals surface area contributed by atoms with Gasteiger partial charge in [0, 0.05) is 21.5 Å². The van der Waals surface area contributed by atoms with Gasteiger partial charge in [0.25, 0.3) is 0 Å². The lowest BCUT2D eigenvalue weighted by molar-refractivity contribution is -0.144. The van der Waals surface area contributed by atoms with Crippen LogP contribution in [0, 0.1) is 22.7 Å². The number of nitrogens with zero attached hydrogens (tertiary/aromatic N) is 4. The average molecular weight is 1380 g/mol. The maximum Gasteiger partial charge on any atom is 0.417 e. The Labute approximate surface area is 533 Å². The first kappa shape index (κ1) is 67.1. The molecule has 0 radical (unpaired) electrons. The standard InChI is InChI=1S/C70H30F24N4/c71-63(72,73)41-9-17-45(53(27-41)67(83,84)85)35-5-13-49-50-14-6-36(46-18-10-42(64(74,75)76)28-54(46)68(86,87)88)24-60(50)97(59(49)23-35)57-21-33(1-3-39(57)31-95)34-2-4-40(32-96)58(22-34)98-61-25-37(47-19-11-43(65(77,78)79)29-55(47)69(89,90)91)7-15-51(61)52-16-8-38(26-62(52)98)48-20-12-44(66(80,81)82)30-56(48)70(92,93)94/h1-30H. The molecule has 498 valence electrons. The molecular formula is C70H30F24N4. The normalized spacial score (nSPS) is 13.1. The zero-order valence-electron chi connectivity index (χ0n) is 48.2. The van der Waals surface area contributed by atoms with Gasteiger partial charge in [-0.25, -0.2) is 0 Å². The quantitative estimate of drug-likeness (QED) is 0.149. The number of hydrogen-bond acceptors (Lipinski definition) is 2. The molecule has 0 aliphatic rings. The van der Waals surface area contributed by atoms with Gasteiger partial charge in [-0.15, -0.1) is 0 Å². The summed E-state index contributed by atoms with van der Waals surface area (Å²) < 4.78 is 347. The molecule has 0 atom stereocenters. The number of benzene rings is 10. The number of halogens is 24. The Morgan fingerprint density at radius 2 is 0.439 bits per heavy atom. The molecule has 2 aromatic heterocycles. The van der Waals surface area contributed by atoms with Crippen LogP contribution in [0.4, 0.5) is 105 Å². The Bertz CT molecular complexity index is 4760. The molecule has 12 rings (SSSR count). The summed E-state index contributed by atoms with van der Waals surface area (Å²) in [6.07, 6.45) is -42.9. The van der Waals surface area contributed by atoms with Gasteiger partial charge in [0.2, 0.25) is 0 Å². The van der Waals surface area contributed by atoms with Crippen LogP contribution in [0.3, 0.4) is 0 Å². The summed E-state index contributed by atoms with van der Waals surface area (Å²) in [5.74, 6) is 0. The van der Waals surface area contributed by atoms with E-state index in [1.807, 2.05) is 12.1 Å². The van der Waals surface area contributed by atoms with Crippen LogP contribution in [-0.2, 0) is 49.4 Å². The Morgan fingerprint density at radius 3 is 0.633 bits per heavy atom. The summed E-state index contributed by atoms with van der Waals surface area (Å²) in [5, 5.41) is 21.9. The minimum absolute atomic E-state index is 0.0162. The van der Waals surface area contributed by atoms with Crippen LogP contribution in [0.1, 0.15) is 55.6 Å². The second kappa shape index (κ2) is 22.9. The molecule has 0 saturated carbocycles. The van der Waals surface area contributed by atoms with Crippen molar-refractivity contribution in [2.75, 3.05) is 0 Å². The van der Waals surface area contributed by atoms with Crippen LogP contribution in [0.15, 0.2) is 182 Å². The van der Waals surface area contributed by atoms with E-state index < -0.39 is 138 Å². The van der Waals surface area contributed by atoms with Crippen molar-refractivity contribution in [1.82, 2.24) is 9.13 Å². The number of rotatable bonds is 7. The highest BCUT2D eigenvalue weighted by Crippen LogP contribution is 2.50. The third-order valence-corrected chi connectivity index (χ3v) is 16.4. The van der Waals surface area contributed by atoms with Crippen LogP contribution in [-0.4, -0.2) is 9.13 Å². The van der Waals surface area contributed by atoms with E-state index in [-0.39, 0.29) is 102 Å². The molecule has 0 unspecified atom stereocenters. The monoisotopic (exact) mass is 1380 g/mol. The van der Waals surface area contributed by atoms with Crippen LogP contribution in [0.5, 0.6) is 0 Å². The van der Waals surface area contributed by atoms with Crippen molar-refractivity contribution >= 4 is 43.6 Å². The smallest absolute Gasteiger partial charge is 0.308 e. The molecule has 10 aromatic carbocycles. The molecule has 0 N–H and O–H groups in total. The first-order valence-electron chi connectivity index (χ1n) is 28.0. The fraction of sp³-hybridized carbons (Fsp3) is 0.114. The van der Waals surface area contributed by atoms with Gasteiger partial charge in [-0.1, -0.05) is 84.9 Å². The van der Waals surface area contributed by atoms with Crippen molar-refractivity contribution in [3.63, 3.8) is 0 Å². The number of nitriles is 2. The van der Waals surface area contributed by atoms with Crippen molar-refractivity contribution < 1.29 is 105 Å². The number of alkyl halides is 24. The van der Waals surface area contributed by atoms with Crippen molar-refractivity contribution in [3.8, 4) is 79.1 Å². The van der Waals surface area contributed by atoms with Crippen LogP contribution < -0.4 is 0 Å². The molecule has 28 heteroatoms. The van der Waals surface area contributed by atoms with E-state index in [1.54, 1.807) is 0 Å². The Balaban J connectivity index is 1.13. The summed E-state index contributed by atoms with van der Waals surface area (Å²) in [4.78, 5) is 0. The SMILES string of the molecule is N#Cc1ccc(-c2ccc(C#N)c(-n3c4cc(-c5ccc(C(F)(F)F)cc5C(F)(F)F)ccc4c4ccc(-c5ccc(C(F)(F)F)cc5C(F)(F)F)cc43)c2)cc1-n1c2cc(-c3ccc(C(F)(F)F)cc3C(F)(F)F)ccc2c2ccc(-c3ccc(C(F)(F)F)cc3C(F)(F)F)cc21. The predicted molar refractivity (Wildman–Crippen MR) is 312 cm³/mol. The first-order chi connectivity index (χ1) is 45.5. The largest absolute Gasteiger partial charge is 0.417 e. The molecule has 0 bridgehead atoms. The average Bonchev–Trinajstić information content (AvgIpc) is 1.56. The molecule has 0 spiro atoms. The first-order valence-corrected chi connectivity index (χ1v) is 28.0. The molecule has 0 aliphatic heterocycles. The molecule has 0 amide bonds. The van der Waals surface area contributed by atoms with Gasteiger partial charge in [0.1, 0.15) is 12.1 Å². The van der Waals surface area contributed by atoms with Gasteiger partial charge in [0.05, 0.1) is 89.1 Å². The second-order valence-electron chi connectivity index (χ2n) is 22.3. The highest BCUT2D eigenvalue weighted by Gasteiger charge is 2.43. The number of fused-ring (bicyclic) bond motifs is 6. The fourth-order valence-corrected chi connectivity index (χ4v) is 12.0. The van der Waals surface area contributed by atoms with Crippen LogP contribution >= 0.6 is 0 Å². The molecule has 4 nitrogen and oxygen atoms in total. The predicted octanol–water partition coefficient (Wildman–Crippen LogP) is 24.1. The topological polar surface area (TPSA) is 57.4 Å². The molecule has 0 fully saturated rings. The van der Waals surface area contributed by atoms with Gasteiger partial charge in [-0.05, 0) is 153 Å². The fourth-order valence-electron chi connectivity index (χ4n) is 12.0. The minimum Gasteiger partial charge on any atom is -0.308 e. The number of hydrogen-bond donors (Lipinski definition) is 0. The Hall–Kier alpha value is -10.9. The van der Waals surface area contributed by atoms with E-state index in [9.17, 15) is 116 Å². The van der Waals surface area contributed by atoms with E-state index in [2.05, 4.69) is 0 Å². The van der Waals surface area contributed by atoms with Gasteiger partial charge in [0.15, 0.2) is 0 Å². The molecular weight excluding hydrogens is 1350 g/mol.